The summed E-state index contributed by atoms with van der Waals surface area (Å²) in [6.07, 6.45) is 3.33. The van der Waals surface area contributed by atoms with Crippen LogP contribution in [0.5, 0.6) is 0 Å². The van der Waals surface area contributed by atoms with E-state index in [1.165, 1.54) is 34.1 Å². The number of carbonyl (C=O) groups is 1. The van der Waals surface area contributed by atoms with Crippen molar-refractivity contribution in [1.82, 2.24) is 24.1 Å². The molecule has 11 heteroatoms. The maximum Gasteiger partial charge on any atom is 0.407 e. The number of morpholine rings is 1. The summed E-state index contributed by atoms with van der Waals surface area (Å²) in [5, 5.41) is 13.4. The van der Waals surface area contributed by atoms with Crippen LogP contribution in [0.15, 0.2) is 42.9 Å². The second kappa shape index (κ2) is 8.41. The first kappa shape index (κ1) is 21.8. The van der Waals surface area contributed by atoms with E-state index in [0.717, 1.165) is 5.56 Å². The van der Waals surface area contributed by atoms with Crippen molar-refractivity contribution in [3.05, 3.63) is 65.7 Å². The van der Waals surface area contributed by atoms with Crippen LogP contribution in [-0.2, 0) is 11.2 Å². The molecule has 1 saturated heterocycles. The van der Waals surface area contributed by atoms with Crippen molar-refractivity contribution in [3.8, 4) is 16.9 Å². The molecule has 1 aromatic carbocycles. The number of carboxylic acid groups (broad SMARTS) is 1. The Morgan fingerprint density at radius 3 is 2.74 bits per heavy atom. The predicted molar refractivity (Wildman–Crippen MR) is 120 cm³/mol. The molecule has 0 radical (unpaired) electrons. The van der Waals surface area contributed by atoms with Crippen molar-refractivity contribution in [2.75, 3.05) is 25.4 Å². The van der Waals surface area contributed by atoms with E-state index in [1.807, 2.05) is 19.1 Å². The van der Waals surface area contributed by atoms with Gasteiger partial charge in [-0.2, -0.15) is 5.10 Å². The van der Waals surface area contributed by atoms with Gasteiger partial charge in [-0.1, -0.05) is 0 Å². The predicted octanol–water partition coefficient (Wildman–Crippen LogP) is 3.28. The molecule has 0 aliphatic carbocycles. The summed E-state index contributed by atoms with van der Waals surface area (Å²) in [6, 6.07) is 6.03. The third-order valence-electron chi connectivity index (χ3n) is 5.84. The van der Waals surface area contributed by atoms with Gasteiger partial charge in [0, 0.05) is 31.3 Å². The number of benzene rings is 1. The van der Waals surface area contributed by atoms with E-state index in [-0.39, 0.29) is 43.1 Å². The minimum absolute atomic E-state index is 0.142. The molecule has 176 valence electrons. The van der Waals surface area contributed by atoms with Gasteiger partial charge in [-0.15, -0.1) is 0 Å². The van der Waals surface area contributed by atoms with Crippen molar-refractivity contribution >= 4 is 17.4 Å². The van der Waals surface area contributed by atoms with Gasteiger partial charge < -0.3 is 24.9 Å². The van der Waals surface area contributed by atoms with Crippen LogP contribution in [-0.4, -0.2) is 61.1 Å². The Kier molecular flexibility index (Phi) is 5.40. The Hall–Kier alpha value is -3.99. The molecule has 3 aromatic heterocycles. The summed E-state index contributed by atoms with van der Waals surface area (Å²) in [4.78, 5) is 17.2. The van der Waals surface area contributed by atoms with Gasteiger partial charge in [0.05, 0.1) is 60.0 Å². The van der Waals surface area contributed by atoms with Gasteiger partial charge in [-0.05, 0) is 24.6 Å². The normalized spacial score (nSPS) is 16.3. The van der Waals surface area contributed by atoms with Gasteiger partial charge >= 0.3 is 6.09 Å². The largest absolute Gasteiger partial charge is 0.465 e. The molecule has 0 unspecified atom stereocenters. The molecule has 4 aromatic rings. The van der Waals surface area contributed by atoms with Gasteiger partial charge in [-0.3, -0.25) is 0 Å². The minimum atomic E-state index is -1.03. The highest BCUT2D eigenvalue weighted by Crippen LogP contribution is 2.32. The summed E-state index contributed by atoms with van der Waals surface area (Å²) in [5.41, 5.74) is 8.08. The van der Waals surface area contributed by atoms with Crippen molar-refractivity contribution in [2.24, 2.45) is 0 Å². The van der Waals surface area contributed by atoms with Crippen LogP contribution in [0.1, 0.15) is 11.3 Å². The molecule has 1 atom stereocenters. The zero-order valence-electron chi connectivity index (χ0n) is 18.3. The van der Waals surface area contributed by atoms with Gasteiger partial charge in [0.1, 0.15) is 17.3 Å². The van der Waals surface area contributed by atoms with Crippen molar-refractivity contribution in [3.63, 3.8) is 0 Å². The number of hydrogen-bond acceptors (Lipinski definition) is 5. The van der Waals surface area contributed by atoms with E-state index in [2.05, 4.69) is 10.1 Å². The summed E-state index contributed by atoms with van der Waals surface area (Å²) >= 11 is 0. The lowest BCUT2D eigenvalue weighted by atomic mass is 10.0. The second-order valence-corrected chi connectivity index (χ2v) is 8.27. The quantitative estimate of drug-likeness (QED) is 0.476. The number of hydrogen-bond donors (Lipinski definition) is 2. The molecule has 3 N–H and O–H groups in total. The highest BCUT2D eigenvalue weighted by Gasteiger charge is 2.28. The van der Waals surface area contributed by atoms with Gasteiger partial charge in [-0.25, -0.2) is 23.2 Å². The Balaban J connectivity index is 1.60. The highest BCUT2D eigenvalue weighted by atomic mass is 19.1. The van der Waals surface area contributed by atoms with Gasteiger partial charge in [0.15, 0.2) is 0 Å². The summed E-state index contributed by atoms with van der Waals surface area (Å²) in [7, 11) is 0. The lowest BCUT2D eigenvalue weighted by Gasteiger charge is -2.31. The first-order valence-corrected chi connectivity index (χ1v) is 10.7. The fraction of sp³-hybridized carbons (Fsp3) is 0.261. The summed E-state index contributed by atoms with van der Waals surface area (Å²) in [6.45, 7) is 2.56. The molecule has 5 rings (SSSR count). The molecule has 1 fully saturated rings. The molecule has 1 aliphatic heterocycles. The van der Waals surface area contributed by atoms with Crippen LogP contribution in [0.25, 0.3) is 22.6 Å². The number of aryl methyl sites for hydroxylation is 1. The van der Waals surface area contributed by atoms with E-state index in [9.17, 15) is 9.90 Å². The first-order valence-electron chi connectivity index (χ1n) is 10.7. The molecule has 34 heavy (non-hydrogen) atoms. The van der Waals surface area contributed by atoms with E-state index < -0.39 is 23.8 Å². The summed E-state index contributed by atoms with van der Waals surface area (Å²) < 4.78 is 39.5. The molecule has 0 bridgehead atoms. The second-order valence-electron chi connectivity index (χ2n) is 8.27. The Bertz CT molecular complexity index is 1380. The number of amides is 1. The number of aromatic nitrogens is 4. The maximum atomic E-state index is 15.3. The van der Waals surface area contributed by atoms with E-state index in [0.29, 0.717) is 17.0 Å². The van der Waals surface area contributed by atoms with Crippen LogP contribution >= 0.6 is 0 Å². The van der Waals surface area contributed by atoms with Crippen molar-refractivity contribution < 1.29 is 23.4 Å². The number of nitrogen functional groups attached to an aromatic ring is 1. The summed E-state index contributed by atoms with van der Waals surface area (Å²) in [5.74, 6) is -1.61. The number of ether oxygens (including phenoxy) is 1. The number of nitrogens with zero attached hydrogens (tertiary/aromatic N) is 5. The molecule has 4 heterocycles. The molecular weight excluding hydrogens is 446 g/mol. The monoisotopic (exact) mass is 468 g/mol. The highest BCUT2D eigenvalue weighted by molar-refractivity contribution is 5.69. The lowest BCUT2D eigenvalue weighted by molar-refractivity contribution is -0.0214. The smallest absolute Gasteiger partial charge is 0.407 e. The number of fused-ring (bicyclic) bond motifs is 1. The lowest BCUT2D eigenvalue weighted by Crippen LogP contribution is -2.45. The van der Waals surface area contributed by atoms with Crippen LogP contribution in [0.4, 0.5) is 19.3 Å². The van der Waals surface area contributed by atoms with Crippen LogP contribution in [0.3, 0.4) is 0 Å². The van der Waals surface area contributed by atoms with E-state index >= 15 is 8.78 Å². The Morgan fingerprint density at radius 1 is 1.29 bits per heavy atom. The minimum Gasteiger partial charge on any atom is -0.465 e. The SMILES string of the molecule is Cc1ccn2c(C[C@H]3CN(C(=O)O)CCO3)c(-c3c(F)cc(-n4cc(N)cn4)cc3F)nc2c1. The van der Waals surface area contributed by atoms with Crippen LogP contribution in [0, 0.1) is 18.6 Å². The maximum absolute atomic E-state index is 15.3. The van der Waals surface area contributed by atoms with Crippen LogP contribution < -0.4 is 5.73 Å². The fourth-order valence-corrected chi connectivity index (χ4v) is 4.22. The zero-order valence-corrected chi connectivity index (χ0v) is 18.3. The number of halogens is 2. The third kappa shape index (κ3) is 3.94. The zero-order chi connectivity index (χ0) is 24.0. The molecule has 0 spiro atoms. The number of nitrogens with two attached hydrogens (primary N) is 1. The fourth-order valence-electron chi connectivity index (χ4n) is 4.22. The Labute approximate surface area is 193 Å². The number of pyridine rings is 1. The Morgan fingerprint density at radius 2 is 2.06 bits per heavy atom. The average Bonchev–Trinajstić information content (AvgIpc) is 3.37. The topological polar surface area (TPSA) is 111 Å². The number of rotatable bonds is 4. The van der Waals surface area contributed by atoms with Gasteiger partial charge in [0.2, 0.25) is 0 Å². The first-order chi connectivity index (χ1) is 16.3. The standard InChI is InChI=1S/C23H22F2N6O3/c1-13-2-3-30-19(9-16-12-29(23(32)33)4-5-34-16)22(28-20(30)6-13)21-17(24)7-15(8-18(21)25)31-11-14(26)10-27-31/h2-3,6-8,10-11,16H,4-5,9,12,26H2,1H3,(H,32,33)/t16-/m0/s1. The molecular formula is C23H22F2N6O3. The van der Waals surface area contributed by atoms with E-state index in [4.69, 9.17) is 10.5 Å². The van der Waals surface area contributed by atoms with Crippen LogP contribution in [0.2, 0.25) is 0 Å². The molecule has 0 saturated carbocycles. The average molecular weight is 468 g/mol. The number of anilines is 1. The third-order valence-corrected chi connectivity index (χ3v) is 5.84. The van der Waals surface area contributed by atoms with Gasteiger partial charge in [0.25, 0.3) is 0 Å². The molecule has 1 aliphatic rings. The van der Waals surface area contributed by atoms with Crippen molar-refractivity contribution in [1.29, 1.82) is 0 Å². The molecule has 1 amide bonds. The number of imidazole rings is 1. The molecule has 9 nitrogen and oxygen atoms in total. The van der Waals surface area contributed by atoms with Crippen molar-refractivity contribution in [2.45, 2.75) is 19.4 Å². The van der Waals surface area contributed by atoms with E-state index in [1.54, 1.807) is 10.6 Å².